The first-order chi connectivity index (χ1) is 4.12. The lowest BCUT2D eigenvalue weighted by Gasteiger charge is -2.19. The molecule has 0 radical (unpaired) electrons. The molecule has 0 rings (SSSR count). The van der Waals surface area contributed by atoms with Gasteiger partial charge in [-0.3, -0.25) is 0 Å². The maximum Gasteiger partial charge on any atom is 0.0620 e. The van der Waals surface area contributed by atoms with Crippen molar-refractivity contribution in [3.8, 4) is 0 Å². The fourth-order valence-corrected chi connectivity index (χ4v) is 0.144. The summed E-state index contributed by atoms with van der Waals surface area (Å²) >= 11 is 0. The molecule has 0 aromatic heterocycles. The van der Waals surface area contributed by atoms with Gasteiger partial charge >= 0.3 is 0 Å². The average Bonchev–Trinajstić information content (AvgIpc) is 1.93. The largest absolute Gasteiger partial charge is 0.379 e. The fraction of sp³-hybridized carbons (Fsp3) is 1.00. The number of hydrogen-bond acceptors (Lipinski definition) is 1. The van der Waals surface area contributed by atoms with Crippen LogP contribution in [-0.4, -0.2) is 12.7 Å². The van der Waals surface area contributed by atoms with Crippen molar-refractivity contribution in [1.29, 1.82) is 0 Å². The van der Waals surface area contributed by atoms with Crippen LogP contribution in [0.2, 0.25) is 0 Å². The van der Waals surface area contributed by atoms with Crippen LogP contribution in [0, 0.1) is 0 Å². The van der Waals surface area contributed by atoms with E-state index >= 15 is 0 Å². The topological polar surface area (TPSA) is 9.23 Å². The third kappa shape index (κ3) is 7.96. The molecular formula is C8H20O. The predicted molar refractivity (Wildman–Crippen MR) is 42.7 cm³/mol. The monoisotopic (exact) mass is 132 g/mol. The van der Waals surface area contributed by atoms with Crippen LogP contribution in [-0.2, 0) is 4.74 Å². The Morgan fingerprint density at radius 1 is 1.22 bits per heavy atom. The van der Waals surface area contributed by atoms with Gasteiger partial charge in [-0.05, 0) is 20.3 Å². The highest BCUT2D eigenvalue weighted by atomic mass is 16.5. The van der Waals surface area contributed by atoms with Crippen molar-refractivity contribution in [2.75, 3.05) is 7.11 Å². The van der Waals surface area contributed by atoms with Crippen molar-refractivity contribution < 1.29 is 4.74 Å². The number of ether oxygens (including phenoxy) is 1. The highest BCUT2D eigenvalue weighted by Gasteiger charge is 2.10. The molecule has 0 saturated carbocycles. The zero-order chi connectivity index (χ0) is 7.91. The number of hydrogen-bond donors (Lipinski definition) is 0. The summed E-state index contributed by atoms with van der Waals surface area (Å²) in [4.78, 5) is 0. The van der Waals surface area contributed by atoms with Crippen molar-refractivity contribution in [1.82, 2.24) is 0 Å². The van der Waals surface area contributed by atoms with E-state index in [9.17, 15) is 0 Å². The van der Waals surface area contributed by atoms with Crippen LogP contribution < -0.4 is 0 Å². The summed E-state index contributed by atoms with van der Waals surface area (Å²) in [6.45, 7) is 10.3. The van der Waals surface area contributed by atoms with Crippen molar-refractivity contribution >= 4 is 0 Å². The summed E-state index contributed by atoms with van der Waals surface area (Å²) in [5, 5.41) is 0. The molecule has 0 bridgehead atoms. The van der Waals surface area contributed by atoms with Crippen molar-refractivity contribution in [2.24, 2.45) is 0 Å². The fourth-order valence-electron chi connectivity index (χ4n) is 0.144. The molecule has 58 valence electrons. The molecule has 0 aliphatic carbocycles. The first-order valence-corrected chi connectivity index (χ1v) is 3.67. The van der Waals surface area contributed by atoms with Crippen LogP contribution in [0.25, 0.3) is 0 Å². The quantitative estimate of drug-likeness (QED) is 0.561. The zero-order valence-corrected chi connectivity index (χ0v) is 7.62. The van der Waals surface area contributed by atoms with Gasteiger partial charge in [0.15, 0.2) is 0 Å². The molecule has 0 spiro atoms. The third-order valence-electron chi connectivity index (χ3n) is 1.40. The van der Waals surface area contributed by atoms with Gasteiger partial charge in [-0.25, -0.2) is 0 Å². The molecule has 0 fully saturated rings. The normalized spacial score (nSPS) is 10.0. The molecule has 0 amide bonds. The highest BCUT2D eigenvalue weighted by Crippen LogP contribution is 2.10. The van der Waals surface area contributed by atoms with E-state index in [4.69, 9.17) is 4.74 Å². The van der Waals surface area contributed by atoms with Gasteiger partial charge in [0, 0.05) is 7.11 Å². The van der Waals surface area contributed by atoms with Gasteiger partial charge < -0.3 is 4.74 Å². The van der Waals surface area contributed by atoms with E-state index in [2.05, 4.69) is 20.8 Å². The van der Waals surface area contributed by atoms with Crippen LogP contribution >= 0.6 is 0 Å². The van der Waals surface area contributed by atoms with Gasteiger partial charge in [0.25, 0.3) is 0 Å². The van der Waals surface area contributed by atoms with E-state index in [0.717, 1.165) is 6.42 Å². The van der Waals surface area contributed by atoms with Crippen molar-refractivity contribution in [3.63, 3.8) is 0 Å². The smallest absolute Gasteiger partial charge is 0.0620 e. The maximum atomic E-state index is 5.09. The molecule has 0 aromatic rings. The third-order valence-corrected chi connectivity index (χ3v) is 1.40. The minimum absolute atomic E-state index is 0.0833. The summed E-state index contributed by atoms with van der Waals surface area (Å²) in [7, 11) is 1.74. The van der Waals surface area contributed by atoms with Gasteiger partial charge in [0.05, 0.1) is 5.60 Å². The van der Waals surface area contributed by atoms with E-state index in [1.54, 1.807) is 7.11 Å². The SMILES string of the molecule is CC.CCC(C)(C)OC. The van der Waals surface area contributed by atoms with Crippen molar-refractivity contribution in [2.45, 2.75) is 46.6 Å². The predicted octanol–water partition coefficient (Wildman–Crippen LogP) is 2.85. The molecule has 0 unspecified atom stereocenters. The van der Waals surface area contributed by atoms with E-state index < -0.39 is 0 Å². The first kappa shape index (κ1) is 11.7. The van der Waals surface area contributed by atoms with Gasteiger partial charge in [-0.15, -0.1) is 0 Å². The molecule has 1 nitrogen and oxygen atoms in total. The van der Waals surface area contributed by atoms with Crippen LogP contribution in [0.3, 0.4) is 0 Å². The van der Waals surface area contributed by atoms with Gasteiger partial charge in [-0.2, -0.15) is 0 Å². The Kier molecular flexibility index (Phi) is 7.92. The molecule has 0 aromatic carbocycles. The molecule has 1 heteroatoms. The van der Waals surface area contributed by atoms with Gasteiger partial charge in [0.1, 0.15) is 0 Å². The molecule has 0 N–H and O–H groups in total. The minimum atomic E-state index is 0.0833. The lowest BCUT2D eigenvalue weighted by atomic mass is 10.1. The van der Waals surface area contributed by atoms with E-state index in [1.165, 1.54) is 0 Å². The molecule has 9 heavy (non-hydrogen) atoms. The van der Waals surface area contributed by atoms with Crippen LogP contribution in [0.1, 0.15) is 41.0 Å². The Labute approximate surface area is 59.4 Å². The molecule has 0 aliphatic rings. The van der Waals surface area contributed by atoms with Crippen LogP contribution in [0.4, 0.5) is 0 Å². The lowest BCUT2D eigenvalue weighted by Crippen LogP contribution is -2.20. The minimum Gasteiger partial charge on any atom is -0.379 e. The number of methoxy groups -OCH3 is 1. The Bertz CT molecular complexity index is 42.5. The molecule has 0 heterocycles. The second kappa shape index (κ2) is 6.09. The van der Waals surface area contributed by atoms with Crippen LogP contribution in [0.5, 0.6) is 0 Å². The summed E-state index contributed by atoms with van der Waals surface area (Å²) in [6, 6.07) is 0. The molecular weight excluding hydrogens is 112 g/mol. The molecule has 0 saturated heterocycles. The lowest BCUT2D eigenvalue weighted by molar-refractivity contribution is 0.0196. The Morgan fingerprint density at radius 3 is 1.56 bits per heavy atom. The standard InChI is InChI=1S/C6H14O.C2H6/c1-5-6(2,3)7-4;1-2/h5H2,1-4H3;1-2H3. The van der Waals surface area contributed by atoms with E-state index in [-0.39, 0.29) is 5.60 Å². The number of rotatable bonds is 2. The van der Waals surface area contributed by atoms with Gasteiger partial charge in [-0.1, -0.05) is 20.8 Å². The van der Waals surface area contributed by atoms with Gasteiger partial charge in [0.2, 0.25) is 0 Å². The first-order valence-electron chi connectivity index (χ1n) is 3.67. The Hall–Kier alpha value is -0.0400. The Balaban J connectivity index is 0. The second-order valence-corrected chi connectivity index (χ2v) is 2.32. The summed E-state index contributed by atoms with van der Waals surface area (Å²) in [6.07, 6.45) is 1.07. The second-order valence-electron chi connectivity index (χ2n) is 2.32. The zero-order valence-electron chi connectivity index (χ0n) is 7.62. The van der Waals surface area contributed by atoms with E-state index in [1.807, 2.05) is 13.8 Å². The Morgan fingerprint density at radius 2 is 1.56 bits per heavy atom. The highest BCUT2D eigenvalue weighted by molar-refractivity contribution is 4.62. The average molecular weight is 132 g/mol. The summed E-state index contributed by atoms with van der Waals surface area (Å²) in [5.41, 5.74) is 0.0833. The maximum absolute atomic E-state index is 5.09. The summed E-state index contributed by atoms with van der Waals surface area (Å²) in [5.74, 6) is 0. The molecule has 0 aliphatic heterocycles. The van der Waals surface area contributed by atoms with E-state index in [0.29, 0.717) is 0 Å². The summed E-state index contributed by atoms with van der Waals surface area (Å²) < 4.78 is 5.09. The van der Waals surface area contributed by atoms with Crippen LogP contribution in [0.15, 0.2) is 0 Å². The molecule has 0 atom stereocenters. The van der Waals surface area contributed by atoms with Crippen molar-refractivity contribution in [3.05, 3.63) is 0 Å².